The molecule has 1 aliphatic heterocycles. The molecule has 24 heavy (non-hydrogen) atoms. The van der Waals surface area contributed by atoms with Gasteiger partial charge in [0.15, 0.2) is 5.11 Å². The van der Waals surface area contributed by atoms with Gasteiger partial charge in [0.25, 0.3) is 0 Å². The normalized spacial score (nSPS) is 15.5. The highest BCUT2D eigenvalue weighted by molar-refractivity contribution is 7.89. The van der Waals surface area contributed by atoms with Crippen molar-refractivity contribution in [2.75, 3.05) is 32.1 Å². The molecule has 0 aromatic heterocycles. The fourth-order valence-corrected chi connectivity index (χ4v) is 4.22. The molecule has 2 rings (SSSR count). The van der Waals surface area contributed by atoms with Gasteiger partial charge in [0.2, 0.25) is 10.0 Å². The van der Waals surface area contributed by atoms with Gasteiger partial charge in [-0.15, -0.1) is 0 Å². The zero-order chi connectivity index (χ0) is 17.7. The molecule has 2 N–H and O–H groups in total. The number of methoxy groups -OCH3 is 1. The molecule has 0 bridgehead atoms. The third-order valence-corrected chi connectivity index (χ3v) is 5.93. The minimum Gasteiger partial charge on any atom is -0.495 e. The van der Waals surface area contributed by atoms with Crippen molar-refractivity contribution in [1.82, 2.24) is 9.62 Å². The van der Waals surface area contributed by atoms with Crippen LogP contribution in [-0.4, -0.2) is 44.6 Å². The van der Waals surface area contributed by atoms with Crippen LogP contribution in [0.15, 0.2) is 23.1 Å². The number of benzene rings is 1. The van der Waals surface area contributed by atoms with Gasteiger partial charge in [-0.1, -0.05) is 13.8 Å². The van der Waals surface area contributed by atoms with Crippen molar-refractivity contribution in [2.24, 2.45) is 5.92 Å². The lowest BCUT2D eigenvalue weighted by atomic mass is 10.2. The molecular weight excluding hydrogens is 346 g/mol. The zero-order valence-corrected chi connectivity index (χ0v) is 16.0. The van der Waals surface area contributed by atoms with E-state index in [-0.39, 0.29) is 4.90 Å². The molecule has 8 heteroatoms. The minimum absolute atomic E-state index is 0.249. The van der Waals surface area contributed by atoms with Gasteiger partial charge in [-0.2, -0.15) is 4.31 Å². The second kappa shape index (κ2) is 8.13. The summed E-state index contributed by atoms with van der Waals surface area (Å²) in [5.74, 6) is 0.998. The number of nitrogens with zero attached hydrogens (tertiary/aromatic N) is 1. The maximum Gasteiger partial charge on any atom is 0.243 e. The Morgan fingerprint density at radius 2 is 2.00 bits per heavy atom. The van der Waals surface area contributed by atoms with Crippen molar-refractivity contribution in [3.63, 3.8) is 0 Å². The topological polar surface area (TPSA) is 70.7 Å². The van der Waals surface area contributed by atoms with Gasteiger partial charge >= 0.3 is 0 Å². The molecule has 0 unspecified atom stereocenters. The summed E-state index contributed by atoms with van der Waals surface area (Å²) in [5.41, 5.74) is 0.541. The van der Waals surface area contributed by atoms with E-state index in [0.29, 0.717) is 35.6 Å². The summed E-state index contributed by atoms with van der Waals surface area (Å²) in [6.45, 7) is 6.05. The molecule has 0 atom stereocenters. The molecule has 0 aliphatic carbocycles. The van der Waals surface area contributed by atoms with Crippen molar-refractivity contribution >= 4 is 33.0 Å². The Balaban J connectivity index is 2.22. The Kier molecular flexibility index (Phi) is 6.42. The summed E-state index contributed by atoms with van der Waals surface area (Å²) in [4.78, 5) is 0.249. The fraction of sp³-hybridized carbons (Fsp3) is 0.562. The largest absolute Gasteiger partial charge is 0.495 e. The van der Waals surface area contributed by atoms with Crippen LogP contribution >= 0.6 is 12.2 Å². The number of hydrogen-bond donors (Lipinski definition) is 2. The van der Waals surface area contributed by atoms with Crippen molar-refractivity contribution in [3.05, 3.63) is 18.2 Å². The Hall–Kier alpha value is -1.38. The van der Waals surface area contributed by atoms with Gasteiger partial charge in [-0.25, -0.2) is 8.42 Å². The summed E-state index contributed by atoms with van der Waals surface area (Å²) >= 11 is 5.27. The summed E-state index contributed by atoms with van der Waals surface area (Å²) < 4.78 is 32.2. The van der Waals surface area contributed by atoms with Crippen LogP contribution < -0.4 is 15.4 Å². The van der Waals surface area contributed by atoms with E-state index in [2.05, 4.69) is 24.5 Å². The zero-order valence-electron chi connectivity index (χ0n) is 14.3. The first-order valence-corrected chi connectivity index (χ1v) is 9.92. The van der Waals surface area contributed by atoms with E-state index in [1.54, 1.807) is 25.3 Å². The van der Waals surface area contributed by atoms with E-state index in [1.807, 2.05) is 0 Å². The maximum atomic E-state index is 12.7. The number of sulfonamides is 1. The van der Waals surface area contributed by atoms with Gasteiger partial charge in [0.1, 0.15) is 5.75 Å². The third kappa shape index (κ3) is 4.58. The highest BCUT2D eigenvalue weighted by Crippen LogP contribution is 2.30. The predicted octanol–water partition coefficient (Wildman–Crippen LogP) is 2.42. The number of thiocarbonyl (C=S) groups is 1. The summed E-state index contributed by atoms with van der Waals surface area (Å²) in [6.07, 6.45) is 1.81. The number of rotatable bonds is 6. The van der Waals surface area contributed by atoms with Crippen LogP contribution in [0.2, 0.25) is 0 Å². The monoisotopic (exact) mass is 371 g/mol. The van der Waals surface area contributed by atoms with Crippen molar-refractivity contribution in [3.8, 4) is 5.75 Å². The Bertz CT molecular complexity index is 684. The average Bonchev–Trinajstić information content (AvgIpc) is 3.08. The highest BCUT2D eigenvalue weighted by Gasteiger charge is 2.27. The van der Waals surface area contributed by atoms with E-state index in [9.17, 15) is 8.42 Å². The van der Waals surface area contributed by atoms with Crippen LogP contribution in [0.5, 0.6) is 5.75 Å². The Morgan fingerprint density at radius 3 is 2.58 bits per heavy atom. The molecule has 6 nitrogen and oxygen atoms in total. The quantitative estimate of drug-likeness (QED) is 0.749. The Labute approximate surface area is 149 Å². The Morgan fingerprint density at radius 1 is 1.33 bits per heavy atom. The number of hydrogen-bond acceptors (Lipinski definition) is 4. The van der Waals surface area contributed by atoms with Crippen LogP contribution in [0, 0.1) is 5.92 Å². The van der Waals surface area contributed by atoms with E-state index in [4.69, 9.17) is 17.0 Å². The van der Waals surface area contributed by atoms with Crippen LogP contribution in [0.3, 0.4) is 0 Å². The van der Waals surface area contributed by atoms with E-state index in [0.717, 1.165) is 19.4 Å². The first kappa shape index (κ1) is 19.0. The van der Waals surface area contributed by atoms with Crippen molar-refractivity contribution < 1.29 is 13.2 Å². The lowest BCUT2D eigenvalue weighted by molar-refractivity contribution is 0.416. The molecule has 1 aliphatic rings. The molecule has 0 spiro atoms. The molecule has 1 aromatic carbocycles. The molecule has 1 fully saturated rings. The summed E-state index contributed by atoms with van der Waals surface area (Å²) in [6, 6.07) is 4.80. The van der Waals surface area contributed by atoms with Crippen LogP contribution in [0.25, 0.3) is 0 Å². The number of nitrogens with one attached hydrogen (secondary N) is 2. The van der Waals surface area contributed by atoms with Crippen LogP contribution in [-0.2, 0) is 10.0 Å². The summed E-state index contributed by atoms with van der Waals surface area (Å²) in [7, 11) is -1.93. The lowest BCUT2D eigenvalue weighted by Gasteiger charge is -2.18. The van der Waals surface area contributed by atoms with Crippen LogP contribution in [0.4, 0.5) is 5.69 Å². The van der Waals surface area contributed by atoms with Crippen molar-refractivity contribution in [2.45, 2.75) is 31.6 Å². The molecule has 1 aromatic rings. The SMILES string of the molecule is COc1ccc(S(=O)(=O)N2CCCC2)cc1NC(=S)NCC(C)C. The number of ether oxygens (including phenoxy) is 1. The smallest absolute Gasteiger partial charge is 0.243 e. The third-order valence-electron chi connectivity index (χ3n) is 3.79. The molecular formula is C16H25N3O3S2. The molecule has 134 valence electrons. The molecule has 1 heterocycles. The molecule has 0 amide bonds. The van der Waals surface area contributed by atoms with E-state index >= 15 is 0 Å². The van der Waals surface area contributed by atoms with Gasteiger partial charge in [0, 0.05) is 19.6 Å². The first-order valence-electron chi connectivity index (χ1n) is 8.07. The van der Waals surface area contributed by atoms with Gasteiger partial charge < -0.3 is 15.4 Å². The predicted molar refractivity (Wildman–Crippen MR) is 100 cm³/mol. The van der Waals surface area contributed by atoms with E-state index in [1.165, 1.54) is 4.31 Å². The standard InChI is InChI=1S/C16H25N3O3S2/c1-12(2)11-17-16(23)18-14-10-13(6-7-15(14)22-3)24(20,21)19-8-4-5-9-19/h6-7,10,12H,4-5,8-9,11H2,1-3H3,(H2,17,18,23). The van der Waals surface area contributed by atoms with Gasteiger partial charge in [-0.3, -0.25) is 0 Å². The van der Waals surface area contributed by atoms with Crippen LogP contribution in [0.1, 0.15) is 26.7 Å². The molecule has 0 radical (unpaired) electrons. The molecule has 0 saturated carbocycles. The summed E-state index contributed by atoms with van der Waals surface area (Å²) in [5, 5.41) is 6.57. The van der Waals surface area contributed by atoms with Gasteiger partial charge in [-0.05, 0) is 49.2 Å². The highest BCUT2D eigenvalue weighted by atomic mass is 32.2. The fourth-order valence-electron chi connectivity index (χ4n) is 2.49. The second-order valence-corrected chi connectivity index (χ2v) is 8.55. The minimum atomic E-state index is -3.47. The molecule has 1 saturated heterocycles. The van der Waals surface area contributed by atoms with E-state index < -0.39 is 10.0 Å². The average molecular weight is 372 g/mol. The lowest BCUT2D eigenvalue weighted by Crippen LogP contribution is -2.32. The number of anilines is 1. The second-order valence-electron chi connectivity index (χ2n) is 6.20. The van der Waals surface area contributed by atoms with Gasteiger partial charge in [0.05, 0.1) is 17.7 Å². The maximum absolute atomic E-state index is 12.7. The van der Waals surface area contributed by atoms with Crippen molar-refractivity contribution in [1.29, 1.82) is 0 Å². The first-order chi connectivity index (χ1) is 11.3.